The minimum absolute atomic E-state index is 0.561. The van der Waals surface area contributed by atoms with Gasteiger partial charge in [0.05, 0.1) is 22.3 Å². The van der Waals surface area contributed by atoms with Crippen molar-refractivity contribution in [2.75, 3.05) is 25.1 Å². The average Bonchev–Trinajstić information content (AvgIpc) is 2.19. The van der Waals surface area contributed by atoms with Crippen molar-refractivity contribution in [3.8, 4) is 0 Å². The van der Waals surface area contributed by atoms with Crippen molar-refractivity contribution in [1.82, 2.24) is 0 Å². The Labute approximate surface area is 94.2 Å². The Bertz CT molecular complexity index is 291. The first-order valence-electron chi connectivity index (χ1n) is 4.51. The van der Waals surface area contributed by atoms with Crippen molar-refractivity contribution in [1.29, 1.82) is 0 Å². The highest BCUT2D eigenvalue weighted by atomic mass is 35.5. The summed E-state index contributed by atoms with van der Waals surface area (Å²) in [6.07, 6.45) is 0. The molecular weight excluding hydrogens is 221 g/mol. The van der Waals surface area contributed by atoms with Gasteiger partial charge in [0.15, 0.2) is 0 Å². The predicted octanol–water partition coefficient (Wildman–Crippen LogP) is 3.44. The quantitative estimate of drug-likeness (QED) is 0.788. The Kier molecular flexibility index (Phi) is 5.09. The van der Waals surface area contributed by atoms with Crippen LogP contribution in [0.25, 0.3) is 0 Å². The summed E-state index contributed by atoms with van der Waals surface area (Å²) in [5, 5.41) is 4.27. The molecule has 0 spiro atoms. The third kappa shape index (κ3) is 3.37. The number of anilines is 1. The maximum absolute atomic E-state index is 5.97. The molecule has 1 aromatic rings. The van der Waals surface area contributed by atoms with Crippen LogP contribution < -0.4 is 5.32 Å². The van der Waals surface area contributed by atoms with Gasteiger partial charge in [-0.3, -0.25) is 0 Å². The number of hydrogen-bond donors (Lipinski definition) is 1. The van der Waals surface area contributed by atoms with Gasteiger partial charge in [-0.05, 0) is 19.1 Å². The molecule has 0 aliphatic rings. The summed E-state index contributed by atoms with van der Waals surface area (Å²) in [4.78, 5) is 0. The summed E-state index contributed by atoms with van der Waals surface area (Å²) < 4.78 is 5.19. The molecule has 4 heteroatoms. The van der Waals surface area contributed by atoms with Gasteiger partial charge < -0.3 is 10.1 Å². The number of nitrogens with one attached hydrogen (secondary N) is 1. The third-order valence-electron chi connectivity index (χ3n) is 1.72. The molecule has 0 bridgehead atoms. The second-order valence-corrected chi connectivity index (χ2v) is 3.51. The monoisotopic (exact) mass is 233 g/mol. The molecule has 0 saturated carbocycles. The molecule has 0 heterocycles. The van der Waals surface area contributed by atoms with Crippen LogP contribution in [-0.4, -0.2) is 19.8 Å². The summed E-state index contributed by atoms with van der Waals surface area (Å²) in [7, 11) is 0. The van der Waals surface area contributed by atoms with Crippen molar-refractivity contribution < 1.29 is 4.74 Å². The van der Waals surface area contributed by atoms with E-state index < -0.39 is 0 Å². The molecule has 0 unspecified atom stereocenters. The number of benzene rings is 1. The summed E-state index contributed by atoms with van der Waals surface area (Å²) in [6, 6.07) is 5.51. The second-order valence-electron chi connectivity index (χ2n) is 2.73. The third-order valence-corrected chi connectivity index (χ3v) is 2.54. The standard InChI is InChI=1S/C10H13Cl2NO/c1-2-14-7-6-13-9-5-3-4-8(11)10(9)12/h3-5,13H,2,6-7H2,1H3. The van der Waals surface area contributed by atoms with Gasteiger partial charge in [-0.2, -0.15) is 0 Å². The highest BCUT2D eigenvalue weighted by molar-refractivity contribution is 6.43. The fourth-order valence-electron chi connectivity index (χ4n) is 1.04. The maximum atomic E-state index is 5.97. The van der Waals surface area contributed by atoms with Crippen LogP contribution in [0.2, 0.25) is 10.0 Å². The lowest BCUT2D eigenvalue weighted by molar-refractivity contribution is 0.158. The normalized spacial score (nSPS) is 10.2. The van der Waals surface area contributed by atoms with E-state index in [-0.39, 0.29) is 0 Å². The Morgan fingerprint density at radius 2 is 2.14 bits per heavy atom. The van der Waals surface area contributed by atoms with Crippen LogP contribution in [0.1, 0.15) is 6.92 Å². The maximum Gasteiger partial charge on any atom is 0.0823 e. The first-order valence-corrected chi connectivity index (χ1v) is 5.27. The molecule has 78 valence electrons. The molecule has 0 saturated heterocycles. The Morgan fingerprint density at radius 3 is 2.86 bits per heavy atom. The van der Waals surface area contributed by atoms with Gasteiger partial charge in [0, 0.05) is 13.2 Å². The van der Waals surface area contributed by atoms with Crippen molar-refractivity contribution in [2.45, 2.75) is 6.92 Å². The van der Waals surface area contributed by atoms with Gasteiger partial charge >= 0.3 is 0 Å². The van der Waals surface area contributed by atoms with Crippen molar-refractivity contribution >= 4 is 28.9 Å². The molecule has 1 rings (SSSR count). The van der Waals surface area contributed by atoms with Crippen molar-refractivity contribution in [2.24, 2.45) is 0 Å². The fourth-order valence-corrected chi connectivity index (χ4v) is 1.41. The topological polar surface area (TPSA) is 21.3 Å². The summed E-state index contributed by atoms with van der Waals surface area (Å²) >= 11 is 11.8. The lowest BCUT2D eigenvalue weighted by atomic mass is 10.3. The molecule has 2 nitrogen and oxygen atoms in total. The number of rotatable bonds is 5. The molecule has 0 aliphatic heterocycles. The van der Waals surface area contributed by atoms with E-state index in [0.29, 0.717) is 16.7 Å². The van der Waals surface area contributed by atoms with Crippen molar-refractivity contribution in [3.63, 3.8) is 0 Å². The average molecular weight is 234 g/mol. The van der Waals surface area contributed by atoms with E-state index in [0.717, 1.165) is 18.8 Å². The molecular formula is C10H13Cl2NO. The molecule has 0 amide bonds. The molecule has 1 N–H and O–H groups in total. The van der Waals surface area contributed by atoms with E-state index in [4.69, 9.17) is 27.9 Å². The smallest absolute Gasteiger partial charge is 0.0823 e. The van der Waals surface area contributed by atoms with E-state index in [9.17, 15) is 0 Å². The van der Waals surface area contributed by atoms with Crippen LogP contribution in [0.3, 0.4) is 0 Å². The summed E-state index contributed by atoms with van der Waals surface area (Å²) in [6.45, 7) is 4.09. The molecule has 0 atom stereocenters. The molecule has 0 fully saturated rings. The molecule has 0 radical (unpaired) electrons. The predicted molar refractivity (Wildman–Crippen MR) is 61.4 cm³/mol. The second kappa shape index (κ2) is 6.12. The highest BCUT2D eigenvalue weighted by Crippen LogP contribution is 2.29. The fraction of sp³-hybridized carbons (Fsp3) is 0.400. The first-order chi connectivity index (χ1) is 6.75. The Morgan fingerprint density at radius 1 is 1.36 bits per heavy atom. The van der Waals surface area contributed by atoms with E-state index in [1.54, 1.807) is 6.07 Å². The van der Waals surface area contributed by atoms with Crippen LogP contribution in [0, 0.1) is 0 Å². The lowest BCUT2D eigenvalue weighted by Crippen LogP contribution is -2.09. The summed E-state index contributed by atoms with van der Waals surface area (Å²) in [5.41, 5.74) is 0.846. The molecule has 0 aliphatic carbocycles. The Balaban J connectivity index is 2.46. The molecule has 1 aromatic carbocycles. The zero-order valence-electron chi connectivity index (χ0n) is 8.02. The number of hydrogen-bond acceptors (Lipinski definition) is 2. The van der Waals surface area contributed by atoms with Gasteiger partial charge in [-0.1, -0.05) is 29.3 Å². The lowest BCUT2D eigenvalue weighted by Gasteiger charge is -2.08. The van der Waals surface area contributed by atoms with E-state index >= 15 is 0 Å². The van der Waals surface area contributed by atoms with Gasteiger partial charge in [-0.15, -0.1) is 0 Å². The number of ether oxygens (including phenoxy) is 1. The minimum atomic E-state index is 0.561. The largest absolute Gasteiger partial charge is 0.381 e. The zero-order chi connectivity index (χ0) is 10.4. The van der Waals surface area contributed by atoms with E-state index in [1.807, 2.05) is 19.1 Å². The van der Waals surface area contributed by atoms with Gasteiger partial charge in [0.2, 0.25) is 0 Å². The summed E-state index contributed by atoms with van der Waals surface area (Å²) in [5.74, 6) is 0. The molecule has 0 aromatic heterocycles. The van der Waals surface area contributed by atoms with Gasteiger partial charge in [0.1, 0.15) is 0 Å². The van der Waals surface area contributed by atoms with E-state index in [1.165, 1.54) is 0 Å². The van der Waals surface area contributed by atoms with E-state index in [2.05, 4.69) is 5.32 Å². The van der Waals surface area contributed by atoms with Gasteiger partial charge in [-0.25, -0.2) is 0 Å². The number of halogens is 2. The van der Waals surface area contributed by atoms with Gasteiger partial charge in [0.25, 0.3) is 0 Å². The van der Waals surface area contributed by atoms with Crippen molar-refractivity contribution in [3.05, 3.63) is 28.2 Å². The highest BCUT2D eigenvalue weighted by Gasteiger charge is 2.02. The van der Waals surface area contributed by atoms with Crippen LogP contribution in [0.5, 0.6) is 0 Å². The molecule has 14 heavy (non-hydrogen) atoms. The SMILES string of the molecule is CCOCCNc1cccc(Cl)c1Cl. The van der Waals surface area contributed by atoms with Crippen LogP contribution in [0.4, 0.5) is 5.69 Å². The minimum Gasteiger partial charge on any atom is -0.381 e. The first kappa shape index (κ1) is 11.6. The Hall–Kier alpha value is -0.440. The van der Waals surface area contributed by atoms with Crippen LogP contribution >= 0.6 is 23.2 Å². The van der Waals surface area contributed by atoms with Crippen LogP contribution in [0.15, 0.2) is 18.2 Å². The zero-order valence-corrected chi connectivity index (χ0v) is 9.53. The van der Waals surface area contributed by atoms with Crippen LogP contribution in [-0.2, 0) is 4.74 Å².